The predicted molar refractivity (Wildman–Crippen MR) is 130 cm³/mol. The summed E-state index contributed by atoms with van der Waals surface area (Å²) in [6.45, 7) is 0.668. The Balaban J connectivity index is 1.37. The molecule has 162 valence electrons. The molecule has 0 aliphatic carbocycles. The number of hydrogen-bond acceptors (Lipinski definition) is 4. The summed E-state index contributed by atoms with van der Waals surface area (Å²) in [5.74, 6) is 0.318. The summed E-state index contributed by atoms with van der Waals surface area (Å²) in [4.78, 5) is 26.7. The van der Waals surface area contributed by atoms with Gasteiger partial charge < -0.3 is 4.90 Å². The van der Waals surface area contributed by atoms with E-state index in [-0.39, 0.29) is 17.2 Å². The summed E-state index contributed by atoms with van der Waals surface area (Å²) in [5.41, 5.74) is 6.04. The minimum atomic E-state index is -0.300. The van der Waals surface area contributed by atoms with E-state index < -0.39 is 0 Å². The average molecular weight is 464 g/mol. The van der Waals surface area contributed by atoms with Gasteiger partial charge in [-0.1, -0.05) is 66.2 Å². The van der Waals surface area contributed by atoms with E-state index in [9.17, 15) is 9.59 Å². The highest BCUT2D eigenvalue weighted by Crippen LogP contribution is 2.38. The molecular formula is C25H22ClN3O2S. The lowest BCUT2D eigenvalue weighted by atomic mass is 10.1. The van der Waals surface area contributed by atoms with E-state index in [0.29, 0.717) is 22.9 Å². The number of rotatable bonds is 7. The topological polar surface area (TPSA) is 61.8 Å². The van der Waals surface area contributed by atoms with Gasteiger partial charge in [-0.2, -0.15) is 5.10 Å². The van der Waals surface area contributed by atoms with E-state index in [4.69, 9.17) is 11.6 Å². The van der Waals surface area contributed by atoms with Crippen LogP contribution in [0, 0.1) is 0 Å². The molecule has 1 aliphatic rings. The quantitative estimate of drug-likeness (QED) is 0.399. The number of thioether (sulfide) groups is 1. The van der Waals surface area contributed by atoms with Crippen molar-refractivity contribution in [3.05, 3.63) is 106 Å². The molecule has 1 saturated heterocycles. The normalized spacial score (nSPS) is 16.0. The number of benzene rings is 3. The highest BCUT2D eigenvalue weighted by molar-refractivity contribution is 8.00. The van der Waals surface area contributed by atoms with Crippen molar-refractivity contribution in [3.63, 3.8) is 0 Å². The Morgan fingerprint density at radius 3 is 2.62 bits per heavy atom. The molecular weight excluding hydrogens is 442 g/mol. The number of nitrogens with one attached hydrogen (secondary N) is 1. The number of nitrogens with zero attached hydrogens (tertiary/aromatic N) is 2. The van der Waals surface area contributed by atoms with Crippen molar-refractivity contribution in [2.45, 2.75) is 11.8 Å². The van der Waals surface area contributed by atoms with Crippen LogP contribution >= 0.6 is 23.4 Å². The molecule has 7 heteroatoms. The summed E-state index contributed by atoms with van der Waals surface area (Å²) >= 11 is 7.56. The zero-order valence-electron chi connectivity index (χ0n) is 17.3. The van der Waals surface area contributed by atoms with Gasteiger partial charge in [-0.3, -0.25) is 9.59 Å². The highest BCUT2D eigenvalue weighted by atomic mass is 35.5. The molecule has 5 nitrogen and oxygen atoms in total. The van der Waals surface area contributed by atoms with Crippen LogP contribution in [0.25, 0.3) is 0 Å². The first-order valence-corrected chi connectivity index (χ1v) is 11.7. The van der Waals surface area contributed by atoms with Gasteiger partial charge in [-0.25, -0.2) is 5.43 Å². The molecule has 0 radical (unpaired) electrons. The smallest absolute Gasteiger partial charge is 0.271 e. The van der Waals surface area contributed by atoms with Gasteiger partial charge in [0.15, 0.2) is 0 Å². The first-order valence-electron chi connectivity index (χ1n) is 10.2. The van der Waals surface area contributed by atoms with Crippen molar-refractivity contribution >= 4 is 41.4 Å². The lowest BCUT2D eigenvalue weighted by molar-refractivity contribution is -0.128. The van der Waals surface area contributed by atoms with Gasteiger partial charge in [0.1, 0.15) is 5.37 Å². The fraction of sp³-hybridized carbons (Fsp3) is 0.160. The molecule has 0 spiro atoms. The fourth-order valence-electron chi connectivity index (χ4n) is 3.48. The first-order chi connectivity index (χ1) is 15.6. The Morgan fingerprint density at radius 2 is 1.88 bits per heavy atom. The highest BCUT2D eigenvalue weighted by Gasteiger charge is 2.32. The van der Waals surface area contributed by atoms with Crippen molar-refractivity contribution in [1.29, 1.82) is 0 Å². The molecule has 0 aromatic heterocycles. The predicted octanol–water partition coefficient (Wildman–Crippen LogP) is 4.92. The third-order valence-electron chi connectivity index (χ3n) is 5.14. The van der Waals surface area contributed by atoms with Gasteiger partial charge in [-0.15, -0.1) is 11.8 Å². The molecule has 1 heterocycles. The summed E-state index contributed by atoms with van der Waals surface area (Å²) in [6.07, 6.45) is 2.36. The van der Waals surface area contributed by atoms with Crippen LogP contribution in [-0.2, 0) is 11.2 Å². The third-order valence-corrected chi connectivity index (χ3v) is 6.63. The van der Waals surface area contributed by atoms with Crippen molar-refractivity contribution in [1.82, 2.24) is 10.3 Å². The number of amides is 2. The summed E-state index contributed by atoms with van der Waals surface area (Å²) in [5, 5.41) is 4.56. The summed E-state index contributed by atoms with van der Waals surface area (Å²) in [7, 11) is 0. The van der Waals surface area contributed by atoms with Gasteiger partial charge >= 0.3 is 0 Å². The number of hydrazone groups is 1. The van der Waals surface area contributed by atoms with E-state index in [2.05, 4.69) is 22.7 Å². The van der Waals surface area contributed by atoms with Crippen LogP contribution in [0.2, 0.25) is 5.02 Å². The van der Waals surface area contributed by atoms with Crippen molar-refractivity contribution in [3.8, 4) is 0 Å². The van der Waals surface area contributed by atoms with Gasteiger partial charge in [0.2, 0.25) is 5.91 Å². The van der Waals surface area contributed by atoms with Crippen LogP contribution in [0.5, 0.6) is 0 Å². The van der Waals surface area contributed by atoms with E-state index in [1.807, 2.05) is 47.4 Å². The molecule has 3 aromatic carbocycles. The Kier molecular flexibility index (Phi) is 7.24. The second-order valence-corrected chi connectivity index (χ2v) is 8.87. The van der Waals surface area contributed by atoms with E-state index in [1.54, 1.807) is 42.2 Å². The zero-order valence-corrected chi connectivity index (χ0v) is 18.9. The second kappa shape index (κ2) is 10.5. The Labute approximate surface area is 196 Å². The van der Waals surface area contributed by atoms with E-state index in [1.165, 1.54) is 5.56 Å². The van der Waals surface area contributed by atoms with Crippen LogP contribution in [0.1, 0.15) is 32.4 Å². The summed E-state index contributed by atoms with van der Waals surface area (Å²) < 4.78 is 0. The van der Waals surface area contributed by atoms with Gasteiger partial charge in [-0.05, 0) is 47.4 Å². The lowest BCUT2D eigenvalue weighted by Crippen LogP contribution is -2.30. The van der Waals surface area contributed by atoms with Crippen molar-refractivity contribution in [2.24, 2.45) is 5.10 Å². The van der Waals surface area contributed by atoms with Gasteiger partial charge in [0.25, 0.3) is 5.91 Å². The molecule has 1 N–H and O–H groups in total. The fourth-order valence-corrected chi connectivity index (χ4v) is 4.90. The number of halogens is 1. The summed E-state index contributed by atoms with van der Waals surface area (Å²) in [6, 6.07) is 24.7. The van der Waals surface area contributed by atoms with Crippen LogP contribution in [-0.4, -0.2) is 35.2 Å². The van der Waals surface area contributed by atoms with Crippen LogP contribution in [0.15, 0.2) is 84.0 Å². The maximum atomic E-state index is 12.4. The average Bonchev–Trinajstić information content (AvgIpc) is 3.18. The van der Waals surface area contributed by atoms with Crippen molar-refractivity contribution < 1.29 is 9.59 Å². The van der Waals surface area contributed by atoms with Gasteiger partial charge in [0.05, 0.1) is 12.0 Å². The zero-order chi connectivity index (χ0) is 22.3. The minimum Gasteiger partial charge on any atom is -0.326 e. The van der Waals surface area contributed by atoms with E-state index in [0.717, 1.165) is 17.5 Å². The van der Waals surface area contributed by atoms with Crippen molar-refractivity contribution in [2.75, 3.05) is 12.3 Å². The standard InChI is InChI=1S/C25H22ClN3O2S/c26-22-8-4-7-19(15-22)16-27-28-24(31)20-9-11-21(12-10-20)25-29(23(30)17-32-25)14-13-18-5-2-1-3-6-18/h1-12,15-16,25H,13-14,17H2,(H,28,31)/b27-16-/t25-/m0/s1. The molecule has 1 aliphatic heterocycles. The van der Waals surface area contributed by atoms with E-state index >= 15 is 0 Å². The molecule has 1 fully saturated rings. The molecule has 4 rings (SSSR count). The monoisotopic (exact) mass is 463 g/mol. The first kappa shape index (κ1) is 22.1. The van der Waals surface area contributed by atoms with Crippen LogP contribution in [0.3, 0.4) is 0 Å². The maximum absolute atomic E-state index is 12.4. The minimum absolute atomic E-state index is 0.0378. The Hall–Kier alpha value is -3.09. The molecule has 0 saturated carbocycles. The Bertz CT molecular complexity index is 1120. The molecule has 0 bridgehead atoms. The molecule has 3 aromatic rings. The van der Waals surface area contributed by atoms with Crippen LogP contribution < -0.4 is 5.43 Å². The molecule has 32 heavy (non-hydrogen) atoms. The molecule has 1 atom stereocenters. The van der Waals surface area contributed by atoms with Crippen LogP contribution in [0.4, 0.5) is 0 Å². The lowest BCUT2D eigenvalue weighted by Gasteiger charge is -2.24. The third kappa shape index (κ3) is 5.58. The number of carbonyl (C=O) groups is 2. The molecule has 2 amide bonds. The van der Waals surface area contributed by atoms with Gasteiger partial charge in [0, 0.05) is 17.1 Å². The number of carbonyl (C=O) groups excluding carboxylic acids is 2. The number of hydrogen-bond donors (Lipinski definition) is 1. The largest absolute Gasteiger partial charge is 0.326 e. The SMILES string of the molecule is O=C(N/N=C\c1cccc(Cl)c1)c1ccc([C@@H]2SCC(=O)N2CCc2ccccc2)cc1. The maximum Gasteiger partial charge on any atom is 0.271 e. The Morgan fingerprint density at radius 1 is 1.09 bits per heavy atom. The second-order valence-electron chi connectivity index (χ2n) is 7.36. The molecule has 0 unspecified atom stereocenters.